The summed E-state index contributed by atoms with van der Waals surface area (Å²) in [5, 5.41) is 13.3. The maximum Gasteiger partial charge on any atom is 0.261 e. The van der Waals surface area contributed by atoms with Crippen LogP contribution in [0.2, 0.25) is 0 Å². The first kappa shape index (κ1) is 14.7. The molecule has 0 saturated heterocycles. The number of rotatable bonds is 6. The molecular weight excluding hydrogens is 252 g/mol. The van der Waals surface area contributed by atoms with E-state index in [1.165, 1.54) is 16.2 Å². The van der Waals surface area contributed by atoms with E-state index >= 15 is 0 Å². The fourth-order valence-corrected chi connectivity index (χ4v) is 2.17. The lowest BCUT2D eigenvalue weighted by molar-refractivity contribution is -0.132. The van der Waals surface area contributed by atoms with Gasteiger partial charge in [0.05, 0.1) is 18.0 Å². The van der Waals surface area contributed by atoms with Crippen molar-refractivity contribution in [3.05, 3.63) is 22.4 Å². The van der Waals surface area contributed by atoms with Crippen LogP contribution in [0.3, 0.4) is 0 Å². The van der Waals surface area contributed by atoms with Gasteiger partial charge in [-0.05, 0) is 25.3 Å². The second-order valence-electron chi connectivity index (χ2n) is 4.06. The van der Waals surface area contributed by atoms with Crippen molar-refractivity contribution in [2.24, 2.45) is 0 Å². The highest BCUT2D eigenvalue weighted by Gasteiger charge is 2.17. The van der Waals surface area contributed by atoms with E-state index in [1.807, 2.05) is 19.2 Å². The molecule has 2 N–H and O–H groups in total. The molecule has 1 rings (SSSR count). The highest BCUT2D eigenvalue weighted by molar-refractivity contribution is 7.12. The lowest BCUT2D eigenvalue weighted by Crippen LogP contribution is -2.44. The van der Waals surface area contributed by atoms with E-state index in [0.29, 0.717) is 4.88 Å². The van der Waals surface area contributed by atoms with Crippen molar-refractivity contribution in [1.29, 1.82) is 0 Å². The number of carbonyl (C=O) groups is 2. The van der Waals surface area contributed by atoms with Crippen molar-refractivity contribution in [3.8, 4) is 0 Å². The van der Waals surface area contributed by atoms with Gasteiger partial charge in [-0.2, -0.15) is 0 Å². The van der Waals surface area contributed by atoms with Gasteiger partial charge >= 0.3 is 0 Å². The molecule has 0 aliphatic carbocycles. The Morgan fingerprint density at radius 2 is 2.22 bits per heavy atom. The Labute approximate surface area is 110 Å². The lowest BCUT2D eigenvalue weighted by atomic mass is 10.3. The average molecular weight is 270 g/mol. The van der Waals surface area contributed by atoms with Crippen LogP contribution in [0.15, 0.2) is 17.5 Å². The van der Waals surface area contributed by atoms with E-state index in [-0.39, 0.29) is 37.6 Å². The Balaban J connectivity index is 2.47. The number of nitrogens with zero attached hydrogens (tertiary/aromatic N) is 1. The van der Waals surface area contributed by atoms with E-state index in [4.69, 9.17) is 5.11 Å². The molecule has 5 nitrogen and oxygen atoms in total. The summed E-state index contributed by atoms with van der Waals surface area (Å²) in [5.74, 6) is -0.435. The molecule has 18 heavy (non-hydrogen) atoms. The minimum Gasteiger partial charge on any atom is -0.395 e. The topological polar surface area (TPSA) is 69.6 Å². The third-order valence-electron chi connectivity index (χ3n) is 2.43. The Morgan fingerprint density at radius 3 is 2.72 bits per heavy atom. The Bertz CT molecular complexity index is 390. The normalized spacial score (nSPS) is 10.4. The van der Waals surface area contributed by atoms with Gasteiger partial charge in [0.25, 0.3) is 5.91 Å². The van der Waals surface area contributed by atoms with Gasteiger partial charge in [-0.1, -0.05) is 6.07 Å². The summed E-state index contributed by atoms with van der Waals surface area (Å²) in [6, 6.07) is 3.50. The molecule has 0 unspecified atom stereocenters. The largest absolute Gasteiger partial charge is 0.395 e. The molecule has 1 aromatic heterocycles. The molecule has 6 heteroatoms. The summed E-state index contributed by atoms with van der Waals surface area (Å²) in [6.45, 7) is 3.90. The van der Waals surface area contributed by atoms with Crippen molar-refractivity contribution in [3.63, 3.8) is 0 Å². The molecule has 1 aromatic rings. The van der Waals surface area contributed by atoms with Crippen molar-refractivity contribution < 1.29 is 14.7 Å². The van der Waals surface area contributed by atoms with Crippen LogP contribution in [0.4, 0.5) is 0 Å². The number of hydrogen-bond donors (Lipinski definition) is 2. The molecule has 0 fully saturated rings. The van der Waals surface area contributed by atoms with Crippen molar-refractivity contribution in [2.75, 3.05) is 19.7 Å². The molecule has 0 radical (unpaired) electrons. The minimum atomic E-state index is -0.244. The highest BCUT2D eigenvalue weighted by atomic mass is 32.1. The second kappa shape index (κ2) is 7.13. The van der Waals surface area contributed by atoms with Gasteiger partial charge in [0.2, 0.25) is 5.91 Å². The molecule has 1 heterocycles. The van der Waals surface area contributed by atoms with Crippen molar-refractivity contribution in [1.82, 2.24) is 10.2 Å². The molecule has 0 saturated carbocycles. The summed E-state index contributed by atoms with van der Waals surface area (Å²) in [6.07, 6.45) is 0. The van der Waals surface area contributed by atoms with Crippen molar-refractivity contribution >= 4 is 23.2 Å². The average Bonchev–Trinajstić information content (AvgIpc) is 2.85. The van der Waals surface area contributed by atoms with Crippen LogP contribution >= 0.6 is 11.3 Å². The zero-order chi connectivity index (χ0) is 13.5. The van der Waals surface area contributed by atoms with Gasteiger partial charge in [-0.15, -0.1) is 11.3 Å². The second-order valence-corrected chi connectivity index (χ2v) is 5.01. The molecular formula is C12H18N2O3S. The van der Waals surface area contributed by atoms with Gasteiger partial charge < -0.3 is 15.3 Å². The molecule has 0 aliphatic rings. The maximum atomic E-state index is 11.9. The van der Waals surface area contributed by atoms with Crippen LogP contribution in [-0.2, 0) is 4.79 Å². The predicted molar refractivity (Wildman–Crippen MR) is 70.6 cm³/mol. The molecule has 100 valence electrons. The Morgan fingerprint density at radius 1 is 1.50 bits per heavy atom. The van der Waals surface area contributed by atoms with E-state index < -0.39 is 0 Å². The standard InChI is InChI=1S/C12H18N2O3S/c1-9(2)14(5-6-15)11(16)8-13-12(17)10-4-3-7-18-10/h3-4,7,9,15H,5-6,8H2,1-2H3,(H,13,17). The van der Waals surface area contributed by atoms with Gasteiger partial charge in [-0.25, -0.2) is 0 Å². The van der Waals surface area contributed by atoms with Crippen LogP contribution in [-0.4, -0.2) is 47.6 Å². The number of aliphatic hydroxyl groups is 1. The van der Waals surface area contributed by atoms with Gasteiger partial charge in [0, 0.05) is 12.6 Å². The zero-order valence-corrected chi connectivity index (χ0v) is 11.4. The number of amides is 2. The number of thiophene rings is 1. The maximum absolute atomic E-state index is 11.9. The van der Waals surface area contributed by atoms with Crippen LogP contribution < -0.4 is 5.32 Å². The summed E-state index contributed by atoms with van der Waals surface area (Å²) in [4.78, 5) is 25.6. The minimum absolute atomic E-state index is 0.00305. The van der Waals surface area contributed by atoms with Crippen LogP contribution in [0.1, 0.15) is 23.5 Å². The Kier molecular flexibility index (Phi) is 5.80. The number of carbonyl (C=O) groups excluding carboxylic acids is 2. The summed E-state index contributed by atoms with van der Waals surface area (Å²) in [7, 11) is 0. The quantitative estimate of drug-likeness (QED) is 0.799. The number of hydrogen-bond acceptors (Lipinski definition) is 4. The summed E-state index contributed by atoms with van der Waals surface area (Å²) < 4.78 is 0. The van der Waals surface area contributed by atoms with Gasteiger partial charge in [0.1, 0.15) is 0 Å². The van der Waals surface area contributed by atoms with Crippen molar-refractivity contribution in [2.45, 2.75) is 19.9 Å². The Hall–Kier alpha value is -1.40. The molecule has 0 aromatic carbocycles. The van der Waals surface area contributed by atoms with Gasteiger partial charge in [-0.3, -0.25) is 9.59 Å². The van der Waals surface area contributed by atoms with E-state index in [0.717, 1.165) is 0 Å². The lowest BCUT2D eigenvalue weighted by Gasteiger charge is -2.25. The predicted octanol–water partition coefficient (Wildman–Crippen LogP) is 0.707. The molecule has 0 bridgehead atoms. The van der Waals surface area contributed by atoms with E-state index in [2.05, 4.69) is 5.32 Å². The molecule has 0 atom stereocenters. The van der Waals surface area contributed by atoms with Crippen LogP contribution in [0, 0.1) is 0 Å². The fourth-order valence-electron chi connectivity index (χ4n) is 1.53. The summed E-state index contributed by atoms with van der Waals surface area (Å²) >= 11 is 1.33. The molecule has 0 spiro atoms. The zero-order valence-electron chi connectivity index (χ0n) is 10.5. The number of nitrogens with one attached hydrogen (secondary N) is 1. The fraction of sp³-hybridized carbons (Fsp3) is 0.500. The number of aliphatic hydroxyl groups excluding tert-OH is 1. The molecule has 0 aliphatic heterocycles. The first-order valence-electron chi connectivity index (χ1n) is 5.78. The monoisotopic (exact) mass is 270 g/mol. The summed E-state index contributed by atoms with van der Waals surface area (Å²) in [5.41, 5.74) is 0. The third kappa shape index (κ3) is 4.12. The first-order chi connectivity index (χ1) is 8.56. The van der Waals surface area contributed by atoms with Gasteiger partial charge in [0.15, 0.2) is 0 Å². The highest BCUT2D eigenvalue weighted by Crippen LogP contribution is 2.07. The SMILES string of the molecule is CC(C)N(CCO)C(=O)CNC(=O)c1cccs1. The van der Waals surface area contributed by atoms with Crippen LogP contribution in [0.25, 0.3) is 0 Å². The smallest absolute Gasteiger partial charge is 0.261 e. The molecule has 2 amide bonds. The van der Waals surface area contributed by atoms with Crippen LogP contribution in [0.5, 0.6) is 0 Å². The first-order valence-corrected chi connectivity index (χ1v) is 6.66. The van der Waals surface area contributed by atoms with E-state index in [9.17, 15) is 9.59 Å². The van der Waals surface area contributed by atoms with E-state index in [1.54, 1.807) is 12.1 Å². The third-order valence-corrected chi connectivity index (χ3v) is 3.30.